The van der Waals surface area contributed by atoms with E-state index in [1.54, 1.807) is 0 Å². The molecule has 1 aromatic heterocycles. The average Bonchev–Trinajstić information content (AvgIpc) is 2.93. The van der Waals surface area contributed by atoms with Crippen molar-refractivity contribution in [3.8, 4) is 0 Å². The summed E-state index contributed by atoms with van der Waals surface area (Å²) in [5.41, 5.74) is 6.67. The maximum absolute atomic E-state index is 5.82. The molecule has 1 aromatic carbocycles. The van der Waals surface area contributed by atoms with Crippen molar-refractivity contribution < 1.29 is 4.42 Å². The van der Waals surface area contributed by atoms with Crippen molar-refractivity contribution in [2.45, 2.75) is 39.5 Å². The van der Waals surface area contributed by atoms with Crippen LogP contribution in [0.2, 0.25) is 0 Å². The molecule has 98 valence electrons. The zero-order chi connectivity index (χ0) is 13.4. The Labute approximate surface area is 115 Å². The lowest BCUT2D eigenvalue weighted by Crippen LogP contribution is -1.98. The summed E-state index contributed by atoms with van der Waals surface area (Å²) in [4.78, 5) is 0. The lowest BCUT2D eigenvalue weighted by Gasteiger charge is -2.15. The van der Waals surface area contributed by atoms with E-state index < -0.39 is 0 Å². The molecule has 1 aliphatic rings. The molecule has 1 aliphatic carbocycles. The molecule has 0 amide bonds. The predicted octanol–water partition coefficient (Wildman–Crippen LogP) is 5.33. The fourth-order valence-electron chi connectivity index (χ4n) is 3.01. The van der Waals surface area contributed by atoms with E-state index in [1.165, 1.54) is 40.7 Å². The number of benzene rings is 1. The molecule has 1 heterocycles. The topological polar surface area (TPSA) is 13.1 Å². The summed E-state index contributed by atoms with van der Waals surface area (Å²) < 4.78 is 5.82. The summed E-state index contributed by atoms with van der Waals surface area (Å²) in [6.07, 6.45) is 6.55. The van der Waals surface area contributed by atoms with Gasteiger partial charge in [0, 0.05) is 11.5 Å². The van der Waals surface area contributed by atoms with Crippen LogP contribution in [0.5, 0.6) is 0 Å². The smallest absolute Gasteiger partial charge is 0.133 e. The van der Waals surface area contributed by atoms with E-state index in [9.17, 15) is 0 Å². The fraction of sp³-hybridized carbons (Fsp3) is 0.333. The Balaban J connectivity index is 2.09. The highest BCUT2D eigenvalue weighted by atomic mass is 16.3. The van der Waals surface area contributed by atoms with Crippen molar-refractivity contribution in [2.24, 2.45) is 0 Å². The van der Waals surface area contributed by atoms with Gasteiger partial charge in [-0.1, -0.05) is 37.6 Å². The monoisotopic (exact) mass is 252 g/mol. The molecule has 2 aromatic rings. The van der Waals surface area contributed by atoms with Gasteiger partial charge in [-0.3, -0.25) is 0 Å². The van der Waals surface area contributed by atoms with Crippen LogP contribution in [0, 0.1) is 13.8 Å². The minimum Gasteiger partial charge on any atom is -0.464 e. The third kappa shape index (κ3) is 1.94. The van der Waals surface area contributed by atoms with Crippen LogP contribution in [-0.4, -0.2) is 0 Å². The molecule has 0 aliphatic heterocycles. The number of hydrogen-bond donors (Lipinski definition) is 0. The largest absolute Gasteiger partial charge is 0.464 e. The van der Waals surface area contributed by atoms with E-state index in [-0.39, 0.29) is 0 Å². The lowest BCUT2D eigenvalue weighted by molar-refractivity contribution is 0.542. The SMILES string of the molecule is CCCC1C(c2occ(C)c2C)=Cc2ccccc21. The standard InChI is InChI=1S/C18H20O/c1-4-7-16-15-9-6-5-8-14(15)10-17(16)18-13(3)12(2)11-19-18/h5-6,8-11,16H,4,7H2,1-3H3. The van der Waals surface area contributed by atoms with Gasteiger partial charge >= 0.3 is 0 Å². The Kier molecular flexibility index (Phi) is 3.06. The van der Waals surface area contributed by atoms with Crippen molar-refractivity contribution in [1.29, 1.82) is 0 Å². The van der Waals surface area contributed by atoms with Gasteiger partial charge in [-0.2, -0.15) is 0 Å². The van der Waals surface area contributed by atoms with Crippen molar-refractivity contribution in [2.75, 3.05) is 0 Å². The highest BCUT2D eigenvalue weighted by molar-refractivity contribution is 5.90. The number of furan rings is 1. The summed E-state index contributed by atoms with van der Waals surface area (Å²) in [6, 6.07) is 8.71. The molecule has 19 heavy (non-hydrogen) atoms. The van der Waals surface area contributed by atoms with Crippen molar-refractivity contribution in [1.82, 2.24) is 0 Å². The Morgan fingerprint density at radius 1 is 1.16 bits per heavy atom. The molecule has 0 radical (unpaired) electrons. The molecule has 0 saturated heterocycles. The molecule has 1 unspecified atom stereocenters. The number of hydrogen-bond acceptors (Lipinski definition) is 1. The van der Waals surface area contributed by atoms with E-state index in [1.807, 2.05) is 6.26 Å². The van der Waals surface area contributed by atoms with E-state index in [2.05, 4.69) is 51.1 Å². The van der Waals surface area contributed by atoms with Gasteiger partial charge in [0.15, 0.2) is 0 Å². The van der Waals surface area contributed by atoms with Gasteiger partial charge in [0.25, 0.3) is 0 Å². The van der Waals surface area contributed by atoms with Crippen LogP contribution in [0.4, 0.5) is 0 Å². The zero-order valence-electron chi connectivity index (χ0n) is 11.9. The van der Waals surface area contributed by atoms with Crippen LogP contribution >= 0.6 is 0 Å². The van der Waals surface area contributed by atoms with Crippen molar-refractivity contribution in [3.63, 3.8) is 0 Å². The van der Waals surface area contributed by atoms with Crippen LogP contribution in [0.3, 0.4) is 0 Å². The minimum atomic E-state index is 0.491. The van der Waals surface area contributed by atoms with Crippen LogP contribution in [0.25, 0.3) is 11.6 Å². The molecular formula is C18H20O. The Morgan fingerprint density at radius 3 is 2.63 bits per heavy atom. The second-order valence-electron chi connectivity index (χ2n) is 5.44. The normalized spacial score (nSPS) is 17.4. The maximum atomic E-state index is 5.82. The zero-order valence-corrected chi connectivity index (χ0v) is 11.9. The second-order valence-corrected chi connectivity index (χ2v) is 5.44. The molecule has 1 atom stereocenters. The van der Waals surface area contributed by atoms with Gasteiger partial charge in [0.2, 0.25) is 0 Å². The molecular weight excluding hydrogens is 232 g/mol. The maximum Gasteiger partial charge on any atom is 0.133 e. The van der Waals surface area contributed by atoms with E-state index in [0.717, 1.165) is 5.76 Å². The van der Waals surface area contributed by atoms with E-state index >= 15 is 0 Å². The van der Waals surface area contributed by atoms with Gasteiger partial charge in [-0.25, -0.2) is 0 Å². The molecule has 0 N–H and O–H groups in total. The summed E-state index contributed by atoms with van der Waals surface area (Å²) in [5.74, 6) is 1.57. The number of allylic oxidation sites excluding steroid dienone is 1. The number of fused-ring (bicyclic) bond motifs is 1. The molecule has 3 rings (SSSR count). The predicted molar refractivity (Wildman–Crippen MR) is 80.1 cm³/mol. The Morgan fingerprint density at radius 2 is 1.95 bits per heavy atom. The second kappa shape index (κ2) is 4.73. The van der Waals surface area contributed by atoms with Crippen LogP contribution in [-0.2, 0) is 0 Å². The summed E-state index contributed by atoms with van der Waals surface area (Å²) in [6.45, 7) is 6.51. The van der Waals surface area contributed by atoms with Crippen LogP contribution in [0.1, 0.15) is 53.7 Å². The third-order valence-electron chi connectivity index (χ3n) is 4.18. The first-order valence-electron chi connectivity index (χ1n) is 7.08. The van der Waals surface area contributed by atoms with Gasteiger partial charge in [0.05, 0.1) is 6.26 Å². The number of aryl methyl sites for hydroxylation is 1. The van der Waals surface area contributed by atoms with Gasteiger partial charge < -0.3 is 4.42 Å². The fourth-order valence-corrected chi connectivity index (χ4v) is 3.01. The van der Waals surface area contributed by atoms with Gasteiger partial charge in [-0.15, -0.1) is 0 Å². The minimum absolute atomic E-state index is 0.491. The van der Waals surface area contributed by atoms with Gasteiger partial charge in [0.1, 0.15) is 5.76 Å². The lowest BCUT2D eigenvalue weighted by atomic mass is 9.89. The first kappa shape index (κ1) is 12.3. The Bertz CT molecular complexity index is 631. The first-order valence-corrected chi connectivity index (χ1v) is 7.08. The highest BCUT2D eigenvalue weighted by Gasteiger charge is 2.28. The summed E-state index contributed by atoms with van der Waals surface area (Å²) in [5, 5.41) is 0. The van der Waals surface area contributed by atoms with E-state index in [4.69, 9.17) is 4.42 Å². The molecule has 1 heteroatoms. The molecule has 0 spiro atoms. The van der Waals surface area contributed by atoms with Crippen molar-refractivity contribution in [3.05, 3.63) is 58.5 Å². The molecule has 1 nitrogen and oxygen atoms in total. The highest BCUT2D eigenvalue weighted by Crippen LogP contribution is 2.45. The third-order valence-corrected chi connectivity index (χ3v) is 4.18. The molecule has 0 fully saturated rings. The first-order chi connectivity index (χ1) is 9.22. The Hall–Kier alpha value is -1.76. The summed E-state index contributed by atoms with van der Waals surface area (Å²) >= 11 is 0. The molecule has 0 bridgehead atoms. The van der Waals surface area contributed by atoms with Crippen molar-refractivity contribution >= 4 is 11.6 Å². The average molecular weight is 252 g/mol. The molecule has 0 saturated carbocycles. The van der Waals surface area contributed by atoms with Gasteiger partial charge in [-0.05, 0) is 48.6 Å². The summed E-state index contributed by atoms with van der Waals surface area (Å²) in [7, 11) is 0. The quantitative estimate of drug-likeness (QED) is 0.719. The van der Waals surface area contributed by atoms with Crippen LogP contribution < -0.4 is 0 Å². The van der Waals surface area contributed by atoms with E-state index in [0.29, 0.717) is 5.92 Å². The van der Waals surface area contributed by atoms with Crippen LogP contribution in [0.15, 0.2) is 34.9 Å². The number of rotatable bonds is 3.